The fraction of sp³-hybridized carbons (Fsp3) is 0.429. The predicted octanol–water partition coefficient (Wildman–Crippen LogP) is 3.22. The van der Waals surface area contributed by atoms with Crippen LogP contribution < -0.4 is 5.32 Å². The predicted molar refractivity (Wildman–Crippen MR) is 70.6 cm³/mol. The molecule has 1 aliphatic rings. The molecule has 2 heteroatoms. The van der Waals surface area contributed by atoms with Gasteiger partial charge in [-0.3, -0.25) is 5.32 Å². The van der Waals surface area contributed by atoms with Crippen molar-refractivity contribution in [1.82, 2.24) is 5.32 Å². The van der Waals surface area contributed by atoms with E-state index in [4.69, 9.17) is 0 Å². The molecule has 1 heterocycles. The van der Waals surface area contributed by atoms with Crippen molar-refractivity contribution in [1.29, 1.82) is 0 Å². The lowest BCUT2D eigenvalue weighted by atomic mass is 10.0. The molecule has 1 aromatic rings. The van der Waals surface area contributed by atoms with Crippen molar-refractivity contribution in [2.45, 2.75) is 36.5 Å². The minimum Gasteiger partial charge on any atom is -0.299 e. The van der Waals surface area contributed by atoms with E-state index in [-0.39, 0.29) is 0 Å². The molecule has 1 nitrogen and oxygen atoms in total. The summed E-state index contributed by atoms with van der Waals surface area (Å²) in [5.74, 6) is 6.00. The van der Waals surface area contributed by atoms with Crippen LogP contribution in [-0.4, -0.2) is 11.8 Å². The fourth-order valence-electron chi connectivity index (χ4n) is 2.06. The Morgan fingerprint density at radius 3 is 3.06 bits per heavy atom. The summed E-state index contributed by atoms with van der Waals surface area (Å²) in [7, 11) is 0. The van der Waals surface area contributed by atoms with E-state index in [1.54, 1.807) is 0 Å². The lowest BCUT2D eigenvalue weighted by Gasteiger charge is -2.29. The summed E-state index contributed by atoms with van der Waals surface area (Å²) in [6.07, 6.45) is 1.19. The van der Waals surface area contributed by atoms with Crippen LogP contribution >= 0.6 is 11.8 Å². The van der Waals surface area contributed by atoms with E-state index in [0.717, 1.165) is 6.54 Å². The normalized spacial score (nSPS) is 23.1. The Hall–Kier alpha value is -0.910. The third kappa shape index (κ3) is 2.61. The quantitative estimate of drug-likeness (QED) is 0.784. The maximum Gasteiger partial charge on any atom is 0.0581 e. The molecule has 16 heavy (non-hydrogen) atoms. The third-order valence-corrected chi connectivity index (χ3v) is 4.02. The van der Waals surface area contributed by atoms with Gasteiger partial charge in [-0.2, -0.15) is 0 Å². The Balaban J connectivity index is 2.15. The van der Waals surface area contributed by atoms with Crippen molar-refractivity contribution in [3.05, 3.63) is 29.8 Å². The highest BCUT2D eigenvalue weighted by molar-refractivity contribution is 8.00. The first-order valence-corrected chi connectivity index (χ1v) is 6.58. The number of hydrogen-bond donors (Lipinski definition) is 1. The van der Waals surface area contributed by atoms with E-state index in [0.29, 0.717) is 11.3 Å². The van der Waals surface area contributed by atoms with E-state index in [2.05, 4.69) is 48.3 Å². The van der Waals surface area contributed by atoms with Crippen LogP contribution in [0.4, 0.5) is 0 Å². The lowest BCUT2D eigenvalue weighted by Crippen LogP contribution is -2.27. The number of nitrogens with one attached hydrogen (secondary N) is 1. The molecular weight excluding hydrogens is 214 g/mol. The van der Waals surface area contributed by atoms with Crippen molar-refractivity contribution in [3.63, 3.8) is 0 Å². The third-order valence-electron chi connectivity index (χ3n) is 2.80. The second-order valence-corrected chi connectivity index (χ2v) is 5.54. The van der Waals surface area contributed by atoms with E-state index in [1.165, 1.54) is 16.9 Å². The molecule has 2 atom stereocenters. The van der Waals surface area contributed by atoms with Gasteiger partial charge in [0.25, 0.3) is 0 Å². The van der Waals surface area contributed by atoms with Crippen molar-refractivity contribution in [2.24, 2.45) is 0 Å². The summed E-state index contributed by atoms with van der Waals surface area (Å²) in [4.78, 5) is 1.42. The molecule has 0 bridgehead atoms. The van der Waals surface area contributed by atoms with Gasteiger partial charge in [0, 0.05) is 16.2 Å². The second-order valence-electron chi connectivity index (χ2n) is 4.06. The average molecular weight is 231 g/mol. The van der Waals surface area contributed by atoms with Crippen molar-refractivity contribution >= 4 is 11.8 Å². The van der Waals surface area contributed by atoms with Crippen LogP contribution in [0.3, 0.4) is 0 Å². The Kier molecular flexibility index (Phi) is 3.93. The van der Waals surface area contributed by atoms with Gasteiger partial charge in [-0.1, -0.05) is 31.0 Å². The molecule has 0 radical (unpaired) electrons. The highest BCUT2D eigenvalue weighted by Gasteiger charge is 2.23. The molecule has 0 aromatic heterocycles. The molecular formula is C14H17NS. The van der Waals surface area contributed by atoms with E-state index in [1.807, 2.05) is 18.7 Å². The van der Waals surface area contributed by atoms with Crippen LogP contribution in [0.5, 0.6) is 0 Å². The zero-order chi connectivity index (χ0) is 11.4. The summed E-state index contributed by atoms with van der Waals surface area (Å²) in [5.41, 5.74) is 1.43. The van der Waals surface area contributed by atoms with Gasteiger partial charge < -0.3 is 0 Å². The highest BCUT2D eigenvalue weighted by Crippen LogP contribution is 2.40. The number of benzene rings is 1. The van der Waals surface area contributed by atoms with Gasteiger partial charge in [-0.25, -0.2) is 0 Å². The minimum atomic E-state index is 0.466. The average Bonchev–Trinajstić information content (AvgIpc) is 2.29. The SMILES string of the molecule is CC#CCNC1CC(C)Sc2ccccc21. The number of fused-ring (bicyclic) bond motifs is 1. The molecule has 1 aliphatic heterocycles. The van der Waals surface area contributed by atoms with Gasteiger partial charge in [0.15, 0.2) is 0 Å². The number of hydrogen-bond acceptors (Lipinski definition) is 2. The molecule has 2 rings (SSSR count). The van der Waals surface area contributed by atoms with Crippen molar-refractivity contribution in [3.8, 4) is 11.8 Å². The van der Waals surface area contributed by atoms with Crippen LogP contribution in [0.1, 0.15) is 31.9 Å². The first-order chi connectivity index (χ1) is 7.81. The Bertz CT molecular complexity index is 416. The van der Waals surface area contributed by atoms with E-state index >= 15 is 0 Å². The van der Waals surface area contributed by atoms with Gasteiger partial charge in [0.2, 0.25) is 0 Å². The fourth-order valence-corrected chi connectivity index (χ4v) is 3.28. The highest BCUT2D eigenvalue weighted by atomic mass is 32.2. The first kappa shape index (κ1) is 11.6. The summed E-state index contributed by atoms with van der Waals surface area (Å²) >= 11 is 1.98. The summed E-state index contributed by atoms with van der Waals surface area (Å²) < 4.78 is 0. The molecule has 0 saturated heterocycles. The zero-order valence-corrected chi connectivity index (χ0v) is 10.6. The smallest absolute Gasteiger partial charge is 0.0581 e. The molecule has 0 fully saturated rings. The molecule has 2 unspecified atom stereocenters. The second kappa shape index (κ2) is 5.43. The van der Waals surface area contributed by atoms with Gasteiger partial charge >= 0.3 is 0 Å². The van der Waals surface area contributed by atoms with Gasteiger partial charge in [0.1, 0.15) is 0 Å². The summed E-state index contributed by atoms with van der Waals surface area (Å²) in [5, 5.41) is 4.20. The van der Waals surface area contributed by atoms with Crippen LogP contribution in [-0.2, 0) is 0 Å². The number of thioether (sulfide) groups is 1. The minimum absolute atomic E-state index is 0.466. The van der Waals surface area contributed by atoms with Crippen LogP contribution in [0, 0.1) is 11.8 Å². The maximum atomic E-state index is 3.52. The number of rotatable bonds is 2. The molecule has 0 spiro atoms. The Labute approximate surface area is 102 Å². The molecule has 0 aliphatic carbocycles. The molecule has 1 aromatic carbocycles. The van der Waals surface area contributed by atoms with Crippen LogP contribution in [0.2, 0.25) is 0 Å². The van der Waals surface area contributed by atoms with Gasteiger partial charge in [-0.15, -0.1) is 17.7 Å². The summed E-state index contributed by atoms with van der Waals surface area (Å²) in [6, 6.07) is 9.15. The molecule has 84 valence electrons. The standard InChI is InChI=1S/C14H17NS/c1-3-4-9-15-13-10-11(2)16-14-8-6-5-7-12(13)14/h5-8,11,13,15H,9-10H2,1-2H3. The van der Waals surface area contributed by atoms with Gasteiger partial charge in [-0.05, 0) is 25.0 Å². The Morgan fingerprint density at radius 2 is 2.25 bits per heavy atom. The topological polar surface area (TPSA) is 12.0 Å². The monoisotopic (exact) mass is 231 g/mol. The van der Waals surface area contributed by atoms with Crippen LogP contribution in [0.25, 0.3) is 0 Å². The van der Waals surface area contributed by atoms with E-state index in [9.17, 15) is 0 Å². The molecule has 1 N–H and O–H groups in total. The van der Waals surface area contributed by atoms with E-state index < -0.39 is 0 Å². The summed E-state index contributed by atoms with van der Waals surface area (Å²) in [6.45, 7) is 4.96. The van der Waals surface area contributed by atoms with Crippen molar-refractivity contribution < 1.29 is 0 Å². The van der Waals surface area contributed by atoms with Crippen LogP contribution in [0.15, 0.2) is 29.2 Å². The zero-order valence-electron chi connectivity index (χ0n) is 9.79. The largest absolute Gasteiger partial charge is 0.299 e. The lowest BCUT2D eigenvalue weighted by molar-refractivity contribution is 0.514. The van der Waals surface area contributed by atoms with Gasteiger partial charge in [0.05, 0.1) is 6.54 Å². The van der Waals surface area contributed by atoms with Crippen molar-refractivity contribution in [2.75, 3.05) is 6.54 Å². The molecule has 0 amide bonds. The molecule has 0 saturated carbocycles. The first-order valence-electron chi connectivity index (χ1n) is 5.70. The maximum absolute atomic E-state index is 3.52. The Morgan fingerprint density at radius 1 is 1.44 bits per heavy atom.